The van der Waals surface area contributed by atoms with Crippen molar-refractivity contribution < 1.29 is 18.6 Å². The maximum absolute atomic E-state index is 5.83. The molecule has 182 valence electrons. The molecule has 1 aromatic heterocycles. The van der Waals surface area contributed by atoms with Gasteiger partial charge in [0.15, 0.2) is 17.5 Å². The number of ether oxygens (including phenoxy) is 3. The molecule has 0 amide bonds. The van der Waals surface area contributed by atoms with E-state index in [9.17, 15) is 0 Å². The van der Waals surface area contributed by atoms with Crippen molar-refractivity contribution in [2.45, 2.75) is 31.7 Å². The van der Waals surface area contributed by atoms with Gasteiger partial charge in [0.25, 0.3) is 0 Å². The molecule has 2 aliphatic rings. The molecule has 4 rings (SSSR count). The zero-order valence-corrected chi connectivity index (χ0v) is 21.6. The third kappa shape index (κ3) is 8.38. The molecule has 2 N–H and O–H groups in total. The van der Waals surface area contributed by atoms with Gasteiger partial charge in [0.1, 0.15) is 5.76 Å². The highest BCUT2D eigenvalue weighted by Crippen LogP contribution is 2.32. The molecule has 0 saturated heterocycles. The van der Waals surface area contributed by atoms with Crippen LogP contribution >= 0.6 is 24.0 Å². The second kappa shape index (κ2) is 13.7. The summed E-state index contributed by atoms with van der Waals surface area (Å²) in [4.78, 5) is 7.31. The molecule has 2 heterocycles. The Morgan fingerprint density at radius 2 is 2.00 bits per heavy atom. The normalized spacial score (nSPS) is 15.6. The summed E-state index contributed by atoms with van der Waals surface area (Å²) in [5.74, 6) is 3.25. The number of halogens is 1. The SMILES string of the molecule is COCCN(CCN=C(NCCc1ccco1)Nc1ccc2c(c1)OCCCO2)C1CC1.I. The van der Waals surface area contributed by atoms with Crippen LogP contribution in [0.2, 0.25) is 0 Å². The van der Waals surface area contributed by atoms with Gasteiger partial charge in [0.2, 0.25) is 0 Å². The van der Waals surface area contributed by atoms with Crippen LogP contribution in [0.25, 0.3) is 0 Å². The quantitative estimate of drug-likeness (QED) is 0.242. The topological polar surface area (TPSA) is 80.5 Å². The van der Waals surface area contributed by atoms with Crippen molar-refractivity contribution in [1.29, 1.82) is 0 Å². The molecule has 1 aromatic carbocycles. The zero-order chi connectivity index (χ0) is 22.0. The van der Waals surface area contributed by atoms with E-state index >= 15 is 0 Å². The summed E-state index contributed by atoms with van der Waals surface area (Å²) in [7, 11) is 1.75. The number of methoxy groups -OCH3 is 1. The van der Waals surface area contributed by atoms with E-state index in [1.807, 2.05) is 30.3 Å². The van der Waals surface area contributed by atoms with Gasteiger partial charge >= 0.3 is 0 Å². The molecular weight excluding hydrogens is 535 g/mol. The molecular formula is C24H35IN4O4. The Bertz CT molecular complexity index is 858. The third-order valence-corrected chi connectivity index (χ3v) is 5.56. The maximum Gasteiger partial charge on any atom is 0.195 e. The largest absolute Gasteiger partial charge is 0.490 e. The Morgan fingerprint density at radius 1 is 1.15 bits per heavy atom. The molecule has 2 aromatic rings. The van der Waals surface area contributed by atoms with Gasteiger partial charge < -0.3 is 29.3 Å². The first kappa shape index (κ1) is 25.6. The van der Waals surface area contributed by atoms with Crippen molar-refractivity contribution in [1.82, 2.24) is 10.2 Å². The highest BCUT2D eigenvalue weighted by atomic mass is 127. The summed E-state index contributed by atoms with van der Waals surface area (Å²) >= 11 is 0. The second-order valence-corrected chi connectivity index (χ2v) is 8.08. The molecule has 0 radical (unpaired) electrons. The molecule has 9 heteroatoms. The minimum absolute atomic E-state index is 0. The number of hydrogen-bond acceptors (Lipinski definition) is 6. The van der Waals surface area contributed by atoms with Crippen molar-refractivity contribution in [3.05, 3.63) is 42.4 Å². The minimum Gasteiger partial charge on any atom is -0.490 e. The van der Waals surface area contributed by atoms with Crippen LogP contribution in [0.4, 0.5) is 5.69 Å². The number of benzene rings is 1. The van der Waals surface area contributed by atoms with Gasteiger partial charge in [-0.2, -0.15) is 0 Å². The van der Waals surface area contributed by atoms with E-state index in [-0.39, 0.29) is 24.0 Å². The Kier molecular flexibility index (Phi) is 10.6. The van der Waals surface area contributed by atoms with Crippen LogP contribution in [-0.2, 0) is 11.2 Å². The maximum atomic E-state index is 5.83. The van der Waals surface area contributed by atoms with Crippen LogP contribution in [-0.4, -0.2) is 70.0 Å². The van der Waals surface area contributed by atoms with Crippen LogP contribution in [0.1, 0.15) is 25.0 Å². The first-order valence-electron chi connectivity index (χ1n) is 11.5. The lowest BCUT2D eigenvalue weighted by atomic mass is 10.2. The van der Waals surface area contributed by atoms with Crippen molar-refractivity contribution in [3.8, 4) is 11.5 Å². The molecule has 8 nitrogen and oxygen atoms in total. The standard InChI is InChI=1S/C24H34N4O4.HI/c1-29-17-13-28(20-6-7-20)12-11-26-24(25-10-9-21-4-2-14-30-21)27-19-5-8-22-23(18-19)32-16-3-15-31-22;/h2,4-5,8,14,18,20H,3,6-7,9-13,15-17H2,1H3,(H2,25,26,27);1H. The van der Waals surface area contributed by atoms with E-state index in [2.05, 4.69) is 15.5 Å². The molecule has 0 bridgehead atoms. The van der Waals surface area contributed by atoms with Crippen LogP contribution in [0.15, 0.2) is 46.0 Å². The average Bonchev–Trinajstić information content (AvgIpc) is 3.56. The minimum atomic E-state index is 0. The molecule has 33 heavy (non-hydrogen) atoms. The van der Waals surface area contributed by atoms with Gasteiger partial charge in [-0.15, -0.1) is 24.0 Å². The number of nitrogens with one attached hydrogen (secondary N) is 2. The van der Waals surface area contributed by atoms with Gasteiger partial charge in [-0.1, -0.05) is 0 Å². The molecule has 1 aliphatic heterocycles. The number of guanidine groups is 1. The summed E-state index contributed by atoms with van der Waals surface area (Å²) in [5, 5.41) is 6.85. The number of furan rings is 1. The fourth-order valence-electron chi connectivity index (χ4n) is 3.69. The molecule has 0 unspecified atom stereocenters. The first-order chi connectivity index (χ1) is 15.8. The van der Waals surface area contributed by atoms with E-state index in [1.165, 1.54) is 12.8 Å². The fraction of sp³-hybridized carbons (Fsp3) is 0.542. The lowest BCUT2D eigenvalue weighted by Gasteiger charge is -2.21. The highest BCUT2D eigenvalue weighted by molar-refractivity contribution is 14.0. The summed E-state index contributed by atoms with van der Waals surface area (Å²) in [5.41, 5.74) is 0.914. The number of anilines is 1. The van der Waals surface area contributed by atoms with Gasteiger partial charge in [0, 0.05) is 57.4 Å². The van der Waals surface area contributed by atoms with Crippen molar-refractivity contribution in [2.24, 2.45) is 4.99 Å². The summed E-state index contributed by atoms with van der Waals surface area (Å²) in [6.07, 6.45) is 5.93. The highest BCUT2D eigenvalue weighted by Gasteiger charge is 2.28. The fourth-order valence-corrected chi connectivity index (χ4v) is 3.69. The molecule has 1 saturated carbocycles. The van der Waals surface area contributed by atoms with E-state index in [1.54, 1.807) is 13.4 Å². The van der Waals surface area contributed by atoms with E-state index < -0.39 is 0 Å². The van der Waals surface area contributed by atoms with Crippen molar-refractivity contribution in [2.75, 3.05) is 58.4 Å². The van der Waals surface area contributed by atoms with Gasteiger partial charge in [-0.05, 0) is 37.1 Å². The van der Waals surface area contributed by atoms with Crippen molar-refractivity contribution in [3.63, 3.8) is 0 Å². The molecule has 0 spiro atoms. The average molecular weight is 570 g/mol. The Hall–Kier alpha value is -1.98. The number of aliphatic imine (C=N–C) groups is 1. The first-order valence-corrected chi connectivity index (χ1v) is 11.5. The summed E-state index contributed by atoms with van der Waals surface area (Å²) in [6.45, 7) is 5.40. The number of nitrogens with zero attached hydrogens (tertiary/aromatic N) is 2. The predicted octanol–water partition coefficient (Wildman–Crippen LogP) is 3.77. The lowest BCUT2D eigenvalue weighted by Crippen LogP contribution is -2.35. The van der Waals surface area contributed by atoms with Crippen LogP contribution in [0.3, 0.4) is 0 Å². The van der Waals surface area contributed by atoms with Gasteiger partial charge in [0.05, 0.1) is 32.6 Å². The third-order valence-electron chi connectivity index (χ3n) is 5.56. The molecule has 1 aliphatic carbocycles. The number of rotatable bonds is 11. The van der Waals surface area contributed by atoms with Crippen molar-refractivity contribution >= 4 is 35.6 Å². The number of fused-ring (bicyclic) bond motifs is 1. The van der Waals surface area contributed by atoms with E-state index in [0.29, 0.717) is 25.8 Å². The second-order valence-electron chi connectivity index (χ2n) is 8.08. The lowest BCUT2D eigenvalue weighted by molar-refractivity contribution is 0.145. The van der Waals surface area contributed by atoms with Crippen LogP contribution < -0.4 is 20.1 Å². The monoisotopic (exact) mass is 570 g/mol. The van der Waals surface area contributed by atoms with Crippen LogP contribution in [0.5, 0.6) is 11.5 Å². The number of hydrogen-bond donors (Lipinski definition) is 2. The van der Waals surface area contributed by atoms with E-state index in [0.717, 1.165) is 68.0 Å². The smallest absolute Gasteiger partial charge is 0.195 e. The predicted molar refractivity (Wildman–Crippen MR) is 140 cm³/mol. The zero-order valence-electron chi connectivity index (χ0n) is 19.3. The Balaban J connectivity index is 0.00000306. The van der Waals surface area contributed by atoms with E-state index in [4.69, 9.17) is 23.6 Å². The van der Waals surface area contributed by atoms with Gasteiger partial charge in [-0.25, -0.2) is 0 Å². The Morgan fingerprint density at radius 3 is 2.76 bits per heavy atom. The van der Waals surface area contributed by atoms with Gasteiger partial charge in [-0.3, -0.25) is 9.89 Å². The summed E-state index contributed by atoms with van der Waals surface area (Å²) in [6, 6.07) is 10.5. The summed E-state index contributed by atoms with van der Waals surface area (Å²) < 4.78 is 22.3. The Labute approximate surface area is 213 Å². The van der Waals surface area contributed by atoms with Crippen LogP contribution in [0, 0.1) is 0 Å². The molecule has 0 atom stereocenters. The molecule has 1 fully saturated rings.